The Morgan fingerprint density at radius 3 is 2.29 bits per heavy atom. The van der Waals surface area contributed by atoms with Crippen molar-refractivity contribution in [3.63, 3.8) is 0 Å². The zero-order chi connectivity index (χ0) is 17.3. The number of amides is 2. The Bertz CT molecular complexity index is 746. The molecule has 0 spiro atoms. The molecule has 0 radical (unpaired) electrons. The van der Waals surface area contributed by atoms with Gasteiger partial charge in [-0.1, -0.05) is 54.1 Å². The van der Waals surface area contributed by atoms with Crippen LogP contribution in [0.3, 0.4) is 0 Å². The molecule has 0 aromatic heterocycles. The van der Waals surface area contributed by atoms with E-state index in [4.69, 9.17) is 11.6 Å². The lowest BCUT2D eigenvalue weighted by Gasteiger charge is -2.29. The Labute approximate surface area is 146 Å². The summed E-state index contributed by atoms with van der Waals surface area (Å²) >= 11 is 5.92. The second-order valence-electron chi connectivity index (χ2n) is 6.01. The van der Waals surface area contributed by atoms with Gasteiger partial charge in [0, 0.05) is 25.4 Å². The molecule has 0 N–H and O–H groups in total. The summed E-state index contributed by atoms with van der Waals surface area (Å²) in [7, 11) is 1.75. The molecule has 1 fully saturated rings. The van der Waals surface area contributed by atoms with Crippen LogP contribution in [0.5, 0.6) is 0 Å². The van der Waals surface area contributed by atoms with Crippen molar-refractivity contribution in [1.82, 2.24) is 9.80 Å². The van der Waals surface area contributed by atoms with Crippen LogP contribution in [0.2, 0.25) is 5.02 Å². The van der Waals surface area contributed by atoms with E-state index in [-0.39, 0.29) is 18.0 Å². The van der Waals surface area contributed by atoms with Gasteiger partial charge < -0.3 is 9.80 Å². The van der Waals surface area contributed by atoms with Gasteiger partial charge in [-0.25, -0.2) is 0 Å². The molecule has 1 aliphatic rings. The summed E-state index contributed by atoms with van der Waals surface area (Å²) in [6.45, 7) is 1.51. The van der Waals surface area contributed by atoms with E-state index in [9.17, 15) is 9.59 Å². The van der Waals surface area contributed by atoms with Gasteiger partial charge in [-0.2, -0.15) is 0 Å². The van der Waals surface area contributed by atoms with Crippen molar-refractivity contribution in [3.8, 4) is 0 Å². The average Bonchev–Trinajstić information content (AvgIpc) is 2.83. The quantitative estimate of drug-likeness (QED) is 0.859. The number of carbonyl (C=O) groups excluding carboxylic acids is 2. The smallest absolute Gasteiger partial charge is 0.247 e. The van der Waals surface area contributed by atoms with E-state index in [0.29, 0.717) is 11.4 Å². The summed E-state index contributed by atoms with van der Waals surface area (Å²) in [5.41, 5.74) is 1.91. The number of benzene rings is 2. The van der Waals surface area contributed by atoms with Crippen molar-refractivity contribution in [3.05, 3.63) is 70.7 Å². The van der Waals surface area contributed by atoms with Crippen molar-refractivity contribution in [1.29, 1.82) is 0 Å². The zero-order valence-electron chi connectivity index (χ0n) is 13.6. The minimum atomic E-state index is -0.501. The monoisotopic (exact) mass is 342 g/mol. The van der Waals surface area contributed by atoms with Crippen LogP contribution >= 0.6 is 11.6 Å². The van der Waals surface area contributed by atoms with Crippen LogP contribution in [0.4, 0.5) is 0 Å². The predicted octanol–water partition coefficient (Wildman–Crippen LogP) is 3.27. The van der Waals surface area contributed by atoms with Crippen molar-refractivity contribution >= 4 is 23.4 Å². The average molecular weight is 343 g/mol. The first kappa shape index (κ1) is 16.5. The number of hydrogen-bond donors (Lipinski definition) is 0. The first-order valence-electron chi connectivity index (χ1n) is 7.84. The van der Waals surface area contributed by atoms with Gasteiger partial charge in [0.15, 0.2) is 0 Å². The standard InChI is InChI=1S/C19H19ClN2O2/c1-13(23)22-17(12-14-8-10-16(20)11-9-14)19(24)21(2)18(22)15-6-4-3-5-7-15/h3-11,17-18H,12H2,1-2H3/t17-,18?/m1/s1. The summed E-state index contributed by atoms with van der Waals surface area (Å²) in [6.07, 6.45) is 0.108. The SMILES string of the molecule is CC(=O)N1C(c2ccccc2)N(C)C(=O)[C@H]1Cc1ccc(Cl)cc1. The molecule has 124 valence electrons. The van der Waals surface area contributed by atoms with Gasteiger partial charge >= 0.3 is 0 Å². The first-order chi connectivity index (χ1) is 11.5. The normalized spacial score (nSPS) is 20.5. The van der Waals surface area contributed by atoms with Gasteiger partial charge in [0.1, 0.15) is 12.2 Å². The summed E-state index contributed by atoms with van der Waals surface area (Å²) in [5, 5.41) is 0.652. The van der Waals surface area contributed by atoms with E-state index >= 15 is 0 Å². The highest BCUT2D eigenvalue weighted by molar-refractivity contribution is 6.30. The minimum Gasteiger partial charge on any atom is -0.319 e. The maximum Gasteiger partial charge on any atom is 0.247 e. The third kappa shape index (κ3) is 3.02. The Hall–Kier alpha value is -2.33. The highest BCUT2D eigenvalue weighted by atomic mass is 35.5. The fraction of sp³-hybridized carbons (Fsp3) is 0.263. The highest BCUT2D eigenvalue weighted by Crippen LogP contribution is 2.34. The summed E-state index contributed by atoms with van der Waals surface area (Å²) in [5.74, 6) is -0.158. The molecule has 3 rings (SSSR count). The van der Waals surface area contributed by atoms with Gasteiger partial charge in [0.2, 0.25) is 11.8 Å². The van der Waals surface area contributed by atoms with E-state index in [2.05, 4.69) is 0 Å². The van der Waals surface area contributed by atoms with Gasteiger partial charge in [-0.15, -0.1) is 0 Å². The second-order valence-corrected chi connectivity index (χ2v) is 6.44. The van der Waals surface area contributed by atoms with Crippen LogP contribution in [0.25, 0.3) is 0 Å². The number of hydrogen-bond acceptors (Lipinski definition) is 2. The zero-order valence-corrected chi connectivity index (χ0v) is 14.4. The van der Waals surface area contributed by atoms with E-state index in [1.807, 2.05) is 42.5 Å². The molecule has 2 aromatic rings. The van der Waals surface area contributed by atoms with Gasteiger partial charge in [-0.05, 0) is 23.3 Å². The molecule has 4 nitrogen and oxygen atoms in total. The van der Waals surface area contributed by atoms with Crippen molar-refractivity contribution in [2.24, 2.45) is 0 Å². The maximum absolute atomic E-state index is 12.8. The molecule has 0 aliphatic carbocycles. The third-order valence-electron chi connectivity index (χ3n) is 4.40. The number of rotatable bonds is 3. The van der Waals surface area contributed by atoms with E-state index in [0.717, 1.165) is 11.1 Å². The van der Waals surface area contributed by atoms with Crippen molar-refractivity contribution in [2.45, 2.75) is 25.6 Å². The molecule has 5 heteroatoms. The molecule has 1 aliphatic heterocycles. The Morgan fingerprint density at radius 2 is 1.71 bits per heavy atom. The Kier molecular flexibility index (Phi) is 4.58. The predicted molar refractivity (Wildman–Crippen MR) is 93.4 cm³/mol. The lowest BCUT2D eigenvalue weighted by Crippen LogP contribution is -2.39. The number of halogens is 1. The number of likely N-dealkylation sites (N-methyl/N-ethyl adjacent to an activating group) is 1. The van der Waals surface area contributed by atoms with E-state index in [1.165, 1.54) is 6.92 Å². The molecule has 2 aromatic carbocycles. The lowest BCUT2D eigenvalue weighted by atomic mass is 10.0. The van der Waals surface area contributed by atoms with E-state index in [1.54, 1.807) is 29.0 Å². The molecule has 1 saturated heterocycles. The van der Waals surface area contributed by atoms with Gasteiger partial charge in [0.25, 0.3) is 0 Å². The van der Waals surface area contributed by atoms with Crippen LogP contribution in [-0.4, -0.2) is 34.7 Å². The fourth-order valence-electron chi connectivity index (χ4n) is 3.26. The summed E-state index contributed by atoms with van der Waals surface area (Å²) < 4.78 is 0. The molecule has 1 unspecified atom stereocenters. The lowest BCUT2D eigenvalue weighted by molar-refractivity contribution is -0.134. The fourth-order valence-corrected chi connectivity index (χ4v) is 3.39. The topological polar surface area (TPSA) is 40.6 Å². The first-order valence-corrected chi connectivity index (χ1v) is 8.22. The largest absolute Gasteiger partial charge is 0.319 e. The van der Waals surface area contributed by atoms with Crippen LogP contribution in [0.15, 0.2) is 54.6 Å². The van der Waals surface area contributed by atoms with Crippen molar-refractivity contribution < 1.29 is 9.59 Å². The molecule has 0 bridgehead atoms. The Morgan fingerprint density at radius 1 is 1.08 bits per heavy atom. The van der Waals surface area contributed by atoms with Crippen LogP contribution in [-0.2, 0) is 16.0 Å². The van der Waals surface area contributed by atoms with E-state index < -0.39 is 6.04 Å². The van der Waals surface area contributed by atoms with Crippen molar-refractivity contribution in [2.75, 3.05) is 7.05 Å². The Balaban J connectivity index is 1.95. The molecule has 2 atom stereocenters. The van der Waals surface area contributed by atoms with Crippen LogP contribution in [0.1, 0.15) is 24.2 Å². The molecule has 1 heterocycles. The van der Waals surface area contributed by atoms with Crippen LogP contribution in [0, 0.1) is 0 Å². The molecule has 0 saturated carbocycles. The molecular formula is C19H19ClN2O2. The molecular weight excluding hydrogens is 324 g/mol. The second kappa shape index (κ2) is 6.65. The number of carbonyl (C=O) groups is 2. The van der Waals surface area contributed by atoms with Crippen LogP contribution < -0.4 is 0 Å². The highest BCUT2D eigenvalue weighted by Gasteiger charge is 2.46. The maximum atomic E-state index is 12.8. The summed E-state index contributed by atoms with van der Waals surface area (Å²) in [4.78, 5) is 28.4. The number of nitrogens with zero attached hydrogens (tertiary/aromatic N) is 2. The summed E-state index contributed by atoms with van der Waals surface area (Å²) in [6, 6.07) is 16.5. The molecule has 2 amide bonds. The third-order valence-corrected chi connectivity index (χ3v) is 4.65. The van der Waals surface area contributed by atoms with Gasteiger partial charge in [0.05, 0.1) is 0 Å². The van der Waals surface area contributed by atoms with Gasteiger partial charge in [-0.3, -0.25) is 9.59 Å². The molecule has 24 heavy (non-hydrogen) atoms. The minimum absolute atomic E-state index is 0.0472.